The molecule has 1 aromatic heterocycles. The number of hydrogen-bond acceptors (Lipinski definition) is 6. The van der Waals surface area contributed by atoms with E-state index in [2.05, 4.69) is 6.08 Å². The quantitative estimate of drug-likeness (QED) is 0.389. The number of fused-ring (bicyclic) bond motifs is 1. The number of benzene rings is 2. The SMILES string of the molecule is CC(C)=CCCC(C)=CCc1c(-c2ccc(O)cc2O)oc2cc(O)cc(O)c2c1=O. The molecule has 0 fully saturated rings. The van der Waals surface area contributed by atoms with Gasteiger partial charge in [0.2, 0.25) is 5.43 Å². The molecule has 0 saturated carbocycles. The molecule has 2 aromatic carbocycles. The van der Waals surface area contributed by atoms with Crippen LogP contribution < -0.4 is 5.43 Å². The van der Waals surface area contributed by atoms with Gasteiger partial charge in [-0.1, -0.05) is 23.3 Å². The Morgan fingerprint density at radius 1 is 0.935 bits per heavy atom. The molecule has 0 aliphatic rings. The third kappa shape index (κ3) is 4.91. The lowest BCUT2D eigenvalue weighted by Gasteiger charge is -2.12. The minimum absolute atomic E-state index is 0.00187. The largest absolute Gasteiger partial charge is 0.508 e. The maximum Gasteiger partial charge on any atom is 0.200 e. The molecular weight excluding hydrogens is 396 g/mol. The predicted molar refractivity (Wildman–Crippen MR) is 121 cm³/mol. The lowest BCUT2D eigenvalue weighted by Crippen LogP contribution is -2.11. The number of phenols is 4. The third-order valence-electron chi connectivity index (χ3n) is 5.03. The van der Waals surface area contributed by atoms with Crippen molar-refractivity contribution in [1.29, 1.82) is 0 Å². The van der Waals surface area contributed by atoms with Crippen molar-refractivity contribution in [3.05, 3.63) is 69.4 Å². The summed E-state index contributed by atoms with van der Waals surface area (Å²) in [6.07, 6.45) is 6.03. The highest BCUT2D eigenvalue weighted by Crippen LogP contribution is 2.37. The lowest BCUT2D eigenvalue weighted by molar-refractivity contribution is 0.449. The zero-order valence-electron chi connectivity index (χ0n) is 17.8. The summed E-state index contributed by atoms with van der Waals surface area (Å²) in [5.41, 5.74) is 2.37. The predicted octanol–water partition coefficient (Wildman–Crippen LogP) is 5.52. The highest BCUT2D eigenvalue weighted by atomic mass is 16.3. The van der Waals surface area contributed by atoms with Gasteiger partial charge in [0.05, 0.1) is 5.56 Å². The Hall–Kier alpha value is -3.67. The molecule has 0 amide bonds. The summed E-state index contributed by atoms with van der Waals surface area (Å²) in [5, 5.41) is 40.0. The molecule has 0 atom stereocenters. The van der Waals surface area contributed by atoms with Gasteiger partial charge in [-0.05, 0) is 52.2 Å². The van der Waals surface area contributed by atoms with E-state index in [9.17, 15) is 25.2 Å². The monoisotopic (exact) mass is 422 g/mol. The Morgan fingerprint density at radius 3 is 2.32 bits per heavy atom. The van der Waals surface area contributed by atoms with Gasteiger partial charge in [-0.15, -0.1) is 0 Å². The Labute approximate surface area is 180 Å². The molecule has 0 radical (unpaired) electrons. The molecule has 0 unspecified atom stereocenters. The van der Waals surface area contributed by atoms with Crippen LogP contribution in [-0.2, 0) is 6.42 Å². The van der Waals surface area contributed by atoms with Gasteiger partial charge in [0.15, 0.2) is 0 Å². The fourth-order valence-corrected chi connectivity index (χ4v) is 3.40. The standard InChI is InChI=1S/C25H26O6/c1-14(2)5-4-6-15(3)7-9-19-24(30)23-21(29)12-17(27)13-22(23)31-25(19)18-10-8-16(26)11-20(18)28/h5,7-8,10-13,26-29H,4,6,9H2,1-3H3. The van der Waals surface area contributed by atoms with Crippen molar-refractivity contribution in [3.8, 4) is 34.3 Å². The molecule has 31 heavy (non-hydrogen) atoms. The van der Waals surface area contributed by atoms with Gasteiger partial charge in [0, 0.05) is 23.8 Å². The topological polar surface area (TPSA) is 111 Å². The second-order valence-electron chi connectivity index (χ2n) is 7.85. The molecule has 3 rings (SSSR count). The molecule has 4 N–H and O–H groups in total. The Balaban J connectivity index is 2.16. The number of allylic oxidation sites excluding steroid dienone is 4. The van der Waals surface area contributed by atoms with E-state index in [1.54, 1.807) is 0 Å². The molecule has 0 spiro atoms. The molecule has 0 aliphatic carbocycles. The maximum atomic E-state index is 13.3. The van der Waals surface area contributed by atoms with Gasteiger partial charge in [-0.3, -0.25) is 4.79 Å². The first kappa shape index (κ1) is 22.0. The Bertz CT molecular complexity index is 1240. The Morgan fingerprint density at radius 2 is 1.65 bits per heavy atom. The van der Waals surface area contributed by atoms with Crippen molar-refractivity contribution < 1.29 is 24.8 Å². The average molecular weight is 422 g/mol. The van der Waals surface area contributed by atoms with Gasteiger partial charge in [-0.25, -0.2) is 0 Å². The molecule has 162 valence electrons. The smallest absolute Gasteiger partial charge is 0.200 e. The number of aromatic hydroxyl groups is 4. The van der Waals surface area contributed by atoms with Crippen LogP contribution in [0.1, 0.15) is 39.2 Å². The third-order valence-corrected chi connectivity index (χ3v) is 5.03. The van der Waals surface area contributed by atoms with Crippen LogP contribution in [0.2, 0.25) is 0 Å². The average Bonchev–Trinajstić information content (AvgIpc) is 2.66. The van der Waals surface area contributed by atoms with Crippen LogP contribution in [0.5, 0.6) is 23.0 Å². The molecule has 6 nitrogen and oxygen atoms in total. The summed E-state index contributed by atoms with van der Waals surface area (Å²) in [6, 6.07) is 6.31. The normalized spacial score (nSPS) is 11.6. The first-order valence-electron chi connectivity index (χ1n) is 10.0. The van der Waals surface area contributed by atoms with E-state index >= 15 is 0 Å². The van der Waals surface area contributed by atoms with E-state index in [1.807, 2.05) is 26.8 Å². The summed E-state index contributed by atoms with van der Waals surface area (Å²) < 4.78 is 5.89. The zero-order valence-corrected chi connectivity index (χ0v) is 17.8. The van der Waals surface area contributed by atoms with Crippen LogP contribution in [-0.4, -0.2) is 20.4 Å². The van der Waals surface area contributed by atoms with Gasteiger partial charge < -0.3 is 24.8 Å². The summed E-state index contributed by atoms with van der Waals surface area (Å²) in [4.78, 5) is 13.3. The van der Waals surface area contributed by atoms with Crippen LogP contribution in [0.15, 0.2) is 62.8 Å². The van der Waals surface area contributed by atoms with Crippen LogP contribution >= 0.6 is 0 Å². The molecular formula is C25H26O6. The van der Waals surface area contributed by atoms with E-state index in [0.29, 0.717) is 0 Å². The van der Waals surface area contributed by atoms with Gasteiger partial charge in [0.25, 0.3) is 0 Å². The number of rotatable bonds is 6. The molecule has 6 heteroatoms. The van der Waals surface area contributed by atoms with Gasteiger partial charge >= 0.3 is 0 Å². The minimum atomic E-state index is -0.449. The number of hydrogen-bond donors (Lipinski definition) is 4. The highest BCUT2D eigenvalue weighted by molar-refractivity contribution is 5.87. The van der Waals surface area contributed by atoms with Crippen molar-refractivity contribution in [2.75, 3.05) is 0 Å². The molecule has 0 bridgehead atoms. The fraction of sp³-hybridized carbons (Fsp3) is 0.240. The lowest BCUT2D eigenvalue weighted by atomic mass is 9.99. The van der Waals surface area contributed by atoms with Crippen molar-refractivity contribution >= 4 is 11.0 Å². The van der Waals surface area contributed by atoms with Crippen LogP contribution in [0, 0.1) is 0 Å². The minimum Gasteiger partial charge on any atom is -0.508 e. The maximum absolute atomic E-state index is 13.3. The summed E-state index contributed by atoms with van der Waals surface area (Å²) in [6.45, 7) is 6.06. The van der Waals surface area contributed by atoms with Crippen molar-refractivity contribution in [3.63, 3.8) is 0 Å². The van der Waals surface area contributed by atoms with Crippen molar-refractivity contribution in [1.82, 2.24) is 0 Å². The molecule has 0 saturated heterocycles. The summed E-state index contributed by atoms with van der Waals surface area (Å²) in [7, 11) is 0. The van der Waals surface area contributed by atoms with Crippen LogP contribution in [0.4, 0.5) is 0 Å². The number of phenolic OH excluding ortho intramolecular Hbond substituents is 4. The fourth-order valence-electron chi connectivity index (χ4n) is 3.40. The van der Waals surface area contributed by atoms with E-state index in [4.69, 9.17) is 4.42 Å². The first-order chi connectivity index (χ1) is 14.7. The van der Waals surface area contributed by atoms with Gasteiger partial charge in [0.1, 0.15) is 39.7 Å². The highest BCUT2D eigenvalue weighted by Gasteiger charge is 2.20. The second-order valence-corrected chi connectivity index (χ2v) is 7.85. The molecule has 3 aromatic rings. The molecule has 1 heterocycles. The summed E-state index contributed by atoms with van der Waals surface area (Å²) >= 11 is 0. The second kappa shape index (κ2) is 9.00. The van der Waals surface area contributed by atoms with E-state index in [0.717, 1.165) is 30.5 Å². The van der Waals surface area contributed by atoms with E-state index in [1.165, 1.54) is 23.8 Å². The zero-order chi connectivity index (χ0) is 22.7. The first-order valence-corrected chi connectivity index (χ1v) is 10.0. The van der Waals surface area contributed by atoms with Crippen LogP contribution in [0.25, 0.3) is 22.3 Å². The summed E-state index contributed by atoms with van der Waals surface area (Å²) in [5.74, 6) is -0.894. The van der Waals surface area contributed by atoms with Crippen molar-refractivity contribution in [2.45, 2.75) is 40.0 Å². The Kier molecular flexibility index (Phi) is 6.39. The van der Waals surface area contributed by atoms with Crippen molar-refractivity contribution in [2.24, 2.45) is 0 Å². The van der Waals surface area contributed by atoms with E-state index in [-0.39, 0.29) is 57.3 Å². The van der Waals surface area contributed by atoms with Crippen LogP contribution in [0.3, 0.4) is 0 Å². The molecule has 0 aliphatic heterocycles. The van der Waals surface area contributed by atoms with E-state index < -0.39 is 5.43 Å². The van der Waals surface area contributed by atoms with Gasteiger partial charge in [-0.2, -0.15) is 0 Å².